The first-order chi connectivity index (χ1) is 11.2. The highest BCUT2D eigenvalue weighted by atomic mass is 35.5. The second-order valence-electron chi connectivity index (χ2n) is 6.72. The number of benzene rings is 1. The summed E-state index contributed by atoms with van der Waals surface area (Å²) in [5.74, 6) is 2.18. The van der Waals surface area contributed by atoms with E-state index in [9.17, 15) is 4.79 Å². The van der Waals surface area contributed by atoms with E-state index in [0.717, 1.165) is 25.3 Å². The van der Waals surface area contributed by atoms with Crippen LogP contribution in [-0.4, -0.2) is 49.6 Å². The predicted octanol–water partition coefficient (Wildman–Crippen LogP) is 1.66. The number of carbonyl (C=O) groups excluding carboxylic acids is 1. The van der Waals surface area contributed by atoms with Gasteiger partial charge in [0.05, 0.1) is 13.1 Å². The number of amides is 1. The number of carbonyl (C=O) groups is 1. The van der Waals surface area contributed by atoms with E-state index in [1.54, 1.807) is 0 Å². The van der Waals surface area contributed by atoms with Gasteiger partial charge in [0.1, 0.15) is 12.4 Å². The lowest BCUT2D eigenvalue weighted by Crippen LogP contribution is -2.39. The van der Waals surface area contributed by atoms with Crippen LogP contribution >= 0.6 is 12.4 Å². The molecule has 5 nitrogen and oxygen atoms in total. The first-order valence-electron chi connectivity index (χ1n) is 8.65. The van der Waals surface area contributed by atoms with E-state index in [4.69, 9.17) is 10.5 Å². The number of likely N-dealkylation sites (tertiary alicyclic amines) is 1. The van der Waals surface area contributed by atoms with Crippen molar-refractivity contribution < 1.29 is 9.53 Å². The Morgan fingerprint density at radius 3 is 2.79 bits per heavy atom. The molecule has 0 radical (unpaired) electrons. The average Bonchev–Trinajstić information content (AvgIpc) is 2.96. The van der Waals surface area contributed by atoms with Crippen molar-refractivity contribution in [2.45, 2.75) is 25.3 Å². The molecule has 0 spiro atoms. The third-order valence-corrected chi connectivity index (χ3v) is 5.03. The molecule has 2 aliphatic rings. The van der Waals surface area contributed by atoms with Crippen LogP contribution in [0, 0.1) is 11.8 Å². The first kappa shape index (κ1) is 19.0. The van der Waals surface area contributed by atoms with Gasteiger partial charge in [0.2, 0.25) is 5.91 Å². The largest absolute Gasteiger partial charge is 0.492 e. The lowest BCUT2D eigenvalue weighted by Gasteiger charge is -2.29. The van der Waals surface area contributed by atoms with Gasteiger partial charge in [0, 0.05) is 19.1 Å². The number of fused-ring (bicyclic) bond motifs is 1. The normalized spacial score (nSPS) is 26.3. The average molecular weight is 354 g/mol. The molecule has 0 bridgehead atoms. The lowest BCUT2D eigenvalue weighted by molar-refractivity contribution is -0.122. The van der Waals surface area contributed by atoms with Gasteiger partial charge in [-0.15, -0.1) is 12.4 Å². The molecule has 134 valence electrons. The number of hydrogen-bond acceptors (Lipinski definition) is 4. The van der Waals surface area contributed by atoms with Crippen LogP contribution in [0.1, 0.15) is 19.3 Å². The summed E-state index contributed by atoms with van der Waals surface area (Å²) in [6.45, 7) is 3.50. The monoisotopic (exact) mass is 353 g/mol. The summed E-state index contributed by atoms with van der Waals surface area (Å²) in [6, 6.07) is 9.97. The molecule has 2 fully saturated rings. The van der Waals surface area contributed by atoms with Crippen LogP contribution in [0.5, 0.6) is 5.75 Å². The van der Waals surface area contributed by atoms with E-state index >= 15 is 0 Å². The summed E-state index contributed by atoms with van der Waals surface area (Å²) < 4.78 is 5.57. The molecular weight excluding hydrogens is 326 g/mol. The van der Waals surface area contributed by atoms with E-state index in [1.807, 2.05) is 30.3 Å². The molecule has 0 aromatic heterocycles. The van der Waals surface area contributed by atoms with Crippen LogP contribution < -0.4 is 15.8 Å². The van der Waals surface area contributed by atoms with Crippen LogP contribution in [0.2, 0.25) is 0 Å². The van der Waals surface area contributed by atoms with E-state index < -0.39 is 0 Å². The minimum atomic E-state index is 0. The highest BCUT2D eigenvalue weighted by Gasteiger charge is 2.38. The summed E-state index contributed by atoms with van der Waals surface area (Å²) in [7, 11) is 0. The number of rotatable bonds is 6. The number of nitrogens with one attached hydrogen (secondary N) is 1. The van der Waals surface area contributed by atoms with Crippen molar-refractivity contribution in [2.24, 2.45) is 17.6 Å². The van der Waals surface area contributed by atoms with E-state index in [1.165, 1.54) is 12.8 Å². The Hall–Kier alpha value is -1.30. The summed E-state index contributed by atoms with van der Waals surface area (Å²) in [4.78, 5) is 14.3. The van der Waals surface area contributed by atoms with Crippen LogP contribution in [0.15, 0.2) is 30.3 Å². The minimum absolute atomic E-state index is 0. The van der Waals surface area contributed by atoms with Gasteiger partial charge in [-0.05, 0) is 36.8 Å². The van der Waals surface area contributed by atoms with Crippen LogP contribution in [0.3, 0.4) is 0 Å². The van der Waals surface area contributed by atoms with E-state index in [2.05, 4.69) is 10.2 Å². The highest BCUT2D eigenvalue weighted by molar-refractivity contribution is 5.85. The highest BCUT2D eigenvalue weighted by Crippen LogP contribution is 2.35. The molecule has 1 aromatic rings. The summed E-state index contributed by atoms with van der Waals surface area (Å²) >= 11 is 0. The topological polar surface area (TPSA) is 67.6 Å². The lowest BCUT2D eigenvalue weighted by atomic mass is 9.78. The first-order valence-corrected chi connectivity index (χ1v) is 8.65. The molecule has 3 atom stereocenters. The second kappa shape index (κ2) is 9.25. The molecule has 1 aromatic carbocycles. The van der Waals surface area contributed by atoms with E-state index in [-0.39, 0.29) is 18.3 Å². The fraction of sp³-hybridized carbons (Fsp3) is 0.611. The van der Waals surface area contributed by atoms with Crippen molar-refractivity contribution >= 4 is 18.3 Å². The Morgan fingerprint density at radius 2 is 2.04 bits per heavy atom. The molecule has 1 saturated heterocycles. The van der Waals surface area contributed by atoms with Gasteiger partial charge < -0.3 is 15.8 Å². The third kappa shape index (κ3) is 5.10. The number of halogens is 1. The van der Waals surface area contributed by atoms with Crippen LogP contribution in [-0.2, 0) is 4.79 Å². The quantitative estimate of drug-likeness (QED) is 0.763. The molecule has 1 amide bonds. The maximum Gasteiger partial charge on any atom is 0.234 e. The smallest absolute Gasteiger partial charge is 0.234 e. The number of nitrogens with zero attached hydrogens (tertiary/aromatic N) is 1. The number of hydrogen-bond donors (Lipinski definition) is 2. The molecule has 1 heterocycles. The van der Waals surface area contributed by atoms with Gasteiger partial charge in [0.15, 0.2) is 0 Å². The SMILES string of the molecule is Cl.NC1CCCC2CN(CC(=O)NCCOc3ccccc3)CC12. The fourth-order valence-corrected chi connectivity index (χ4v) is 3.87. The van der Waals surface area contributed by atoms with Gasteiger partial charge in [-0.3, -0.25) is 9.69 Å². The molecule has 1 saturated carbocycles. The summed E-state index contributed by atoms with van der Waals surface area (Å²) in [5, 5.41) is 2.94. The van der Waals surface area contributed by atoms with Gasteiger partial charge in [0.25, 0.3) is 0 Å². The second-order valence-corrected chi connectivity index (χ2v) is 6.72. The zero-order valence-corrected chi connectivity index (χ0v) is 14.8. The molecule has 24 heavy (non-hydrogen) atoms. The predicted molar refractivity (Wildman–Crippen MR) is 97.4 cm³/mol. The zero-order valence-electron chi connectivity index (χ0n) is 14.0. The summed E-state index contributed by atoms with van der Waals surface area (Å²) in [5.41, 5.74) is 6.22. The van der Waals surface area contributed by atoms with Crippen LogP contribution in [0.4, 0.5) is 0 Å². The molecule has 3 unspecified atom stereocenters. The molecule has 3 rings (SSSR count). The van der Waals surface area contributed by atoms with Crippen molar-refractivity contribution in [2.75, 3.05) is 32.8 Å². The molecule has 3 N–H and O–H groups in total. The minimum Gasteiger partial charge on any atom is -0.492 e. The van der Waals surface area contributed by atoms with Gasteiger partial charge in [-0.25, -0.2) is 0 Å². The number of nitrogens with two attached hydrogens (primary N) is 1. The maximum atomic E-state index is 12.1. The van der Waals surface area contributed by atoms with Crippen molar-refractivity contribution in [1.82, 2.24) is 10.2 Å². The molecule has 1 aliphatic carbocycles. The van der Waals surface area contributed by atoms with Crippen molar-refractivity contribution in [3.05, 3.63) is 30.3 Å². The van der Waals surface area contributed by atoms with Crippen LogP contribution in [0.25, 0.3) is 0 Å². The van der Waals surface area contributed by atoms with Gasteiger partial charge >= 0.3 is 0 Å². The van der Waals surface area contributed by atoms with Crippen molar-refractivity contribution in [3.8, 4) is 5.75 Å². The standard InChI is InChI=1S/C18H27N3O2.ClH/c19-17-8-4-5-14-11-21(12-16(14)17)13-18(22)20-9-10-23-15-6-2-1-3-7-15;/h1-3,6-7,14,16-17H,4-5,8-13,19H2,(H,20,22);1H. The van der Waals surface area contributed by atoms with Crippen molar-refractivity contribution in [3.63, 3.8) is 0 Å². The molecule has 6 heteroatoms. The van der Waals surface area contributed by atoms with E-state index in [0.29, 0.717) is 37.6 Å². The fourth-order valence-electron chi connectivity index (χ4n) is 3.87. The van der Waals surface area contributed by atoms with Gasteiger partial charge in [-0.1, -0.05) is 24.6 Å². The summed E-state index contributed by atoms with van der Waals surface area (Å²) in [6.07, 6.45) is 3.64. The maximum absolute atomic E-state index is 12.1. The third-order valence-electron chi connectivity index (χ3n) is 5.03. The number of ether oxygens (including phenoxy) is 1. The molecular formula is C18H28ClN3O2. The Balaban J connectivity index is 0.00000208. The Labute approximate surface area is 150 Å². The number of para-hydroxylation sites is 1. The van der Waals surface area contributed by atoms with Crippen molar-refractivity contribution in [1.29, 1.82) is 0 Å². The zero-order chi connectivity index (χ0) is 16.1. The molecule has 1 aliphatic heterocycles. The Bertz CT molecular complexity index is 514. The van der Waals surface area contributed by atoms with Gasteiger partial charge in [-0.2, -0.15) is 0 Å². The Morgan fingerprint density at radius 1 is 1.25 bits per heavy atom. The Kier molecular flexibility index (Phi) is 7.34.